The molecule has 0 saturated heterocycles. The van der Waals surface area contributed by atoms with E-state index in [2.05, 4.69) is 0 Å². The van der Waals surface area contributed by atoms with Crippen LogP contribution in [0, 0.1) is 33.5 Å². The van der Waals surface area contributed by atoms with E-state index >= 15 is 0 Å². The van der Waals surface area contributed by atoms with Crippen molar-refractivity contribution in [3.63, 3.8) is 0 Å². The first-order valence-corrected chi connectivity index (χ1v) is 5.99. The zero-order valence-electron chi connectivity index (χ0n) is 11.2. The molecule has 0 bridgehead atoms. The molecule has 18 heavy (non-hydrogen) atoms. The Kier molecular flexibility index (Phi) is 3.26. The third-order valence-electron chi connectivity index (χ3n) is 3.28. The lowest BCUT2D eigenvalue weighted by atomic mass is 9.92. The van der Waals surface area contributed by atoms with Gasteiger partial charge in [0.2, 0.25) is 0 Å². The molecule has 0 aliphatic heterocycles. The summed E-state index contributed by atoms with van der Waals surface area (Å²) in [5.74, 6) is 1.44. The number of aryl methyl sites for hydroxylation is 4. The summed E-state index contributed by atoms with van der Waals surface area (Å²) in [6.07, 6.45) is 0. The van der Waals surface area contributed by atoms with Gasteiger partial charge in [0.05, 0.1) is 6.04 Å². The van der Waals surface area contributed by atoms with E-state index in [0.29, 0.717) is 0 Å². The molecule has 1 aromatic carbocycles. The predicted molar refractivity (Wildman–Crippen MR) is 70.1 cm³/mol. The molecule has 1 heterocycles. The van der Waals surface area contributed by atoms with Crippen molar-refractivity contribution in [2.24, 2.45) is 5.73 Å². The number of hydrogen-bond donors (Lipinski definition) is 1. The Bertz CT molecular complexity index is 563. The molecule has 2 aromatic rings. The summed E-state index contributed by atoms with van der Waals surface area (Å²) in [4.78, 5) is 0. The highest BCUT2D eigenvalue weighted by molar-refractivity contribution is 5.43. The fourth-order valence-electron chi connectivity index (χ4n) is 2.53. The third kappa shape index (κ3) is 2.18. The maximum Gasteiger partial charge on any atom is 0.123 e. The first kappa shape index (κ1) is 12.8. The van der Waals surface area contributed by atoms with Crippen LogP contribution in [0.25, 0.3) is 0 Å². The van der Waals surface area contributed by atoms with Crippen LogP contribution in [0.3, 0.4) is 0 Å². The molecule has 3 heteroatoms. The van der Waals surface area contributed by atoms with Gasteiger partial charge in [0.15, 0.2) is 0 Å². The van der Waals surface area contributed by atoms with Gasteiger partial charge in [0.1, 0.15) is 17.3 Å². The van der Waals surface area contributed by atoms with Crippen molar-refractivity contribution >= 4 is 0 Å². The molecule has 96 valence electrons. The zero-order chi connectivity index (χ0) is 13.4. The van der Waals surface area contributed by atoms with E-state index in [1.807, 2.05) is 33.8 Å². The molecule has 0 aliphatic rings. The second-order valence-corrected chi connectivity index (χ2v) is 4.80. The first-order valence-electron chi connectivity index (χ1n) is 5.99. The Labute approximate surface area is 107 Å². The number of benzene rings is 1. The SMILES string of the molecule is Cc1cc(C(N)c2c(C)cc(F)cc2C)c(C)o1. The maximum atomic E-state index is 13.3. The average Bonchev–Trinajstić information content (AvgIpc) is 2.56. The van der Waals surface area contributed by atoms with Crippen LogP contribution in [0.4, 0.5) is 4.39 Å². The molecule has 0 aliphatic carbocycles. The second kappa shape index (κ2) is 4.58. The van der Waals surface area contributed by atoms with Gasteiger partial charge >= 0.3 is 0 Å². The molecule has 0 fully saturated rings. The van der Waals surface area contributed by atoms with Crippen molar-refractivity contribution < 1.29 is 8.81 Å². The van der Waals surface area contributed by atoms with E-state index in [1.165, 1.54) is 12.1 Å². The fourth-order valence-corrected chi connectivity index (χ4v) is 2.53. The standard InChI is InChI=1S/C15H18FNO/c1-8-5-12(16)6-9(2)14(8)15(17)13-7-10(3)18-11(13)4/h5-7,15H,17H2,1-4H3. The molecule has 1 aromatic heterocycles. The molecule has 0 saturated carbocycles. The Morgan fingerprint density at radius 1 is 1.06 bits per heavy atom. The van der Waals surface area contributed by atoms with E-state index < -0.39 is 0 Å². The molecule has 0 spiro atoms. The van der Waals surface area contributed by atoms with Crippen molar-refractivity contribution in [3.05, 3.63) is 57.8 Å². The van der Waals surface area contributed by atoms with Crippen molar-refractivity contribution in [1.29, 1.82) is 0 Å². The molecule has 1 atom stereocenters. The largest absolute Gasteiger partial charge is 0.466 e. The van der Waals surface area contributed by atoms with Gasteiger partial charge in [0, 0.05) is 5.56 Å². The summed E-state index contributed by atoms with van der Waals surface area (Å²) >= 11 is 0. The van der Waals surface area contributed by atoms with Gasteiger partial charge in [0.25, 0.3) is 0 Å². The predicted octanol–water partition coefficient (Wildman–Crippen LogP) is 3.70. The van der Waals surface area contributed by atoms with E-state index in [1.54, 1.807) is 0 Å². The van der Waals surface area contributed by atoms with Crippen LogP contribution in [-0.4, -0.2) is 0 Å². The molecular formula is C15H18FNO. The monoisotopic (exact) mass is 247 g/mol. The number of nitrogens with two attached hydrogens (primary N) is 1. The summed E-state index contributed by atoms with van der Waals surface area (Å²) < 4.78 is 18.8. The highest BCUT2D eigenvalue weighted by Crippen LogP contribution is 2.30. The maximum absolute atomic E-state index is 13.3. The summed E-state index contributed by atoms with van der Waals surface area (Å²) in [6.45, 7) is 7.56. The van der Waals surface area contributed by atoms with Crippen LogP contribution >= 0.6 is 0 Å². The Morgan fingerprint density at radius 2 is 1.61 bits per heavy atom. The fraction of sp³-hybridized carbons (Fsp3) is 0.333. The Morgan fingerprint density at radius 3 is 2.06 bits per heavy atom. The van der Waals surface area contributed by atoms with Gasteiger partial charge in [-0.05, 0) is 62.6 Å². The van der Waals surface area contributed by atoms with Crippen molar-refractivity contribution in [2.75, 3.05) is 0 Å². The molecular weight excluding hydrogens is 229 g/mol. The summed E-state index contributed by atoms with van der Waals surface area (Å²) in [7, 11) is 0. The molecule has 2 N–H and O–H groups in total. The topological polar surface area (TPSA) is 39.2 Å². The summed E-state index contributed by atoms with van der Waals surface area (Å²) in [5, 5.41) is 0. The van der Waals surface area contributed by atoms with E-state index in [0.717, 1.165) is 33.8 Å². The van der Waals surface area contributed by atoms with Crippen molar-refractivity contribution in [3.8, 4) is 0 Å². The van der Waals surface area contributed by atoms with Crippen molar-refractivity contribution in [2.45, 2.75) is 33.7 Å². The lowest BCUT2D eigenvalue weighted by molar-refractivity contribution is 0.499. The van der Waals surface area contributed by atoms with Crippen molar-refractivity contribution in [1.82, 2.24) is 0 Å². The Hall–Kier alpha value is -1.61. The number of hydrogen-bond acceptors (Lipinski definition) is 2. The van der Waals surface area contributed by atoms with Gasteiger partial charge in [-0.3, -0.25) is 0 Å². The molecule has 2 rings (SSSR count). The molecule has 0 amide bonds. The van der Waals surface area contributed by atoms with Crippen LogP contribution in [0.2, 0.25) is 0 Å². The van der Waals surface area contributed by atoms with Crippen LogP contribution in [0.1, 0.15) is 39.8 Å². The summed E-state index contributed by atoms with van der Waals surface area (Å²) in [5.41, 5.74) is 9.98. The molecule has 2 nitrogen and oxygen atoms in total. The lowest BCUT2D eigenvalue weighted by Gasteiger charge is -2.17. The minimum absolute atomic E-state index is 0.221. The third-order valence-corrected chi connectivity index (χ3v) is 3.28. The van der Waals surface area contributed by atoms with Crippen LogP contribution in [0.5, 0.6) is 0 Å². The smallest absolute Gasteiger partial charge is 0.123 e. The van der Waals surface area contributed by atoms with Crippen LogP contribution in [0.15, 0.2) is 22.6 Å². The summed E-state index contributed by atoms with van der Waals surface area (Å²) in [6, 6.07) is 4.71. The Balaban J connectivity index is 2.52. The van der Waals surface area contributed by atoms with Gasteiger partial charge in [-0.2, -0.15) is 0 Å². The van der Waals surface area contributed by atoms with Crippen LogP contribution < -0.4 is 5.73 Å². The van der Waals surface area contributed by atoms with Gasteiger partial charge < -0.3 is 10.2 Å². The number of halogens is 1. The quantitative estimate of drug-likeness (QED) is 0.878. The average molecular weight is 247 g/mol. The van der Waals surface area contributed by atoms with E-state index in [9.17, 15) is 4.39 Å². The normalized spacial score (nSPS) is 12.8. The highest BCUT2D eigenvalue weighted by atomic mass is 19.1. The van der Waals surface area contributed by atoms with E-state index in [-0.39, 0.29) is 11.9 Å². The zero-order valence-corrected chi connectivity index (χ0v) is 11.2. The molecule has 1 unspecified atom stereocenters. The van der Waals surface area contributed by atoms with Gasteiger partial charge in [-0.25, -0.2) is 4.39 Å². The number of furan rings is 1. The van der Waals surface area contributed by atoms with E-state index in [4.69, 9.17) is 10.2 Å². The minimum Gasteiger partial charge on any atom is -0.466 e. The number of rotatable bonds is 2. The van der Waals surface area contributed by atoms with Gasteiger partial charge in [-0.15, -0.1) is 0 Å². The minimum atomic E-state index is -0.275. The van der Waals surface area contributed by atoms with Crippen LogP contribution in [-0.2, 0) is 0 Å². The highest BCUT2D eigenvalue weighted by Gasteiger charge is 2.19. The second-order valence-electron chi connectivity index (χ2n) is 4.80. The first-order chi connectivity index (χ1) is 8.40. The van der Waals surface area contributed by atoms with Gasteiger partial charge in [-0.1, -0.05) is 0 Å². The lowest BCUT2D eigenvalue weighted by Crippen LogP contribution is -2.15. The molecule has 0 radical (unpaired) electrons.